The zero-order valence-electron chi connectivity index (χ0n) is 16.3. The van der Waals surface area contributed by atoms with E-state index in [1.165, 1.54) is 6.42 Å². The number of amides is 1. The Bertz CT molecular complexity index is 739. The Morgan fingerprint density at radius 2 is 1.93 bits per heavy atom. The number of pyridine rings is 1. The third kappa shape index (κ3) is 5.46. The number of anilines is 1. The van der Waals surface area contributed by atoms with E-state index in [0.29, 0.717) is 12.1 Å². The highest BCUT2D eigenvalue weighted by molar-refractivity contribution is 5.94. The molecule has 0 spiro atoms. The van der Waals surface area contributed by atoms with E-state index >= 15 is 0 Å². The summed E-state index contributed by atoms with van der Waals surface area (Å²) in [6.45, 7) is 6.54. The van der Waals surface area contributed by atoms with Crippen molar-refractivity contribution in [2.75, 3.05) is 18.4 Å². The van der Waals surface area contributed by atoms with Crippen molar-refractivity contribution in [2.24, 2.45) is 0 Å². The van der Waals surface area contributed by atoms with Crippen molar-refractivity contribution >= 4 is 11.7 Å². The predicted octanol–water partition coefficient (Wildman–Crippen LogP) is 4.50. The van der Waals surface area contributed by atoms with Gasteiger partial charge in [-0.1, -0.05) is 19.1 Å². The number of carbonyl (C=O) groups excluding carboxylic acids is 1. The number of hydrogen-bond donors (Lipinski definition) is 1. The van der Waals surface area contributed by atoms with Crippen LogP contribution in [0.1, 0.15) is 55.5 Å². The molecule has 1 aromatic carbocycles. The predicted molar refractivity (Wildman–Crippen MR) is 108 cm³/mol. The lowest BCUT2D eigenvalue weighted by Gasteiger charge is -2.26. The molecule has 1 atom stereocenters. The Labute approximate surface area is 161 Å². The smallest absolute Gasteiger partial charge is 0.254 e. The number of likely N-dealkylation sites (tertiary alicyclic amines) is 1. The van der Waals surface area contributed by atoms with Gasteiger partial charge in [-0.3, -0.25) is 4.79 Å². The van der Waals surface area contributed by atoms with Crippen LogP contribution in [-0.2, 0) is 6.54 Å². The summed E-state index contributed by atoms with van der Waals surface area (Å²) in [5.74, 6) is 1.71. The van der Waals surface area contributed by atoms with Crippen LogP contribution in [-0.4, -0.2) is 35.0 Å². The summed E-state index contributed by atoms with van der Waals surface area (Å²) < 4.78 is 5.81. The highest BCUT2D eigenvalue weighted by atomic mass is 16.5. The second kappa shape index (κ2) is 9.40. The number of nitrogens with one attached hydrogen (secondary N) is 1. The molecule has 0 radical (unpaired) electrons. The van der Waals surface area contributed by atoms with Crippen LogP contribution < -0.4 is 10.1 Å². The quantitative estimate of drug-likeness (QED) is 0.783. The first kappa shape index (κ1) is 19.2. The van der Waals surface area contributed by atoms with Gasteiger partial charge in [-0.05, 0) is 62.4 Å². The third-order valence-corrected chi connectivity index (χ3v) is 4.96. The van der Waals surface area contributed by atoms with E-state index in [1.54, 1.807) is 12.3 Å². The lowest BCUT2D eigenvalue weighted by Crippen LogP contribution is -2.35. The first-order valence-electron chi connectivity index (χ1n) is 9.90. The van der Waals surface area contributed by atoms with Gasteiger partial charge in [0, 0.05) is 31.4 Å². The summed E-state index contributed by atoms with van der Waals surface area (Å²) in [6.07, 6.45) is 6.31. The number of hydrogen-bond acceptors (Lipinski definition) is 4. The molecule has 1 aromatic heterocycles. The minimum Gasteiger partial charge on any atom is -0.491 e. The minimum absolute atomic E-state index is 0.103. The second-order valence-electron chi connectivity index (χ2n) is 7.12. The zero-order chi connectivity index (χ0) is 19.1. The third-order valence-electron chi connectivity index (χ3n) is 4.96. The van der Waals surface area contributed by atoms with Gasteiger partial charge in [0.15, 0.2) is 0 Å². The molecule has 144 valence electrons. The van der Waals surface area contributed by atoms with Crippen molar-refractivity contribution < 1.29 is 9.53 Å². The van der Waals surface area contributed by atoms with Gasteiger partial charge in [0.1, 0.15) is 11.6 Å². The van der Waals surface area contributed by atoms with Crippen molar-refractivity contribution in [3.63, 3.8) is 0 Å². The van der Waals surface area contributed by atoms with Crippen LogP contribution in [0.3, 0.4) is 0 Å². The van der Waals surface area contributed by atoms with Crippen molar-refractivity contribution in [1.29, 1.82) is 0 Å². The Morgan fingerprint density at radius 3 is 2.63 bits per heavy atom. The van der Waals surface area contributed by atoms with Gasteiger partial charge in [0.05, 0.1) is 6.10 Å². The molecule has 0 saturated carbocycles. The van der Waals surface area contributed by atoms with Gasteiger partial charge >= 0.3 is 0 Å². The molecule has 1 fully saturated rings. The van der Waals surface area contributed by atoms with Crippen LogP contribution >= 0.6 is 0 Å². The molecule has 1 aliphatic heterocycles. The van der Waals surface area contributed by atoms with Crippen LogP contribution in [0.25, 0.3) is 0 Å². The van der Waals surface area contributed by atoms with Gasteiger partial charge in [0.25, 0.3) is 5.91 Å². The SMILES string of the molecule is CCC(C)Oc1ccc(CNc2cc(C(=O)N3CCCCC3)ccn2)cc1. The van der Waals surface area contributed by atoms with Crippen LogP contribution in [0.4, 0.5) is 5.82 Å². The Morgan fingerprint density at radius 1 is 1.19 bits per heavy atom. The highest BCUT2D eigenvalue weighted by Gasteiger charge is 2.18. The Hall–Kier alpha value is -2.56. The number of benzene rings is 1. The molecule has 3 rings (SSSR count). The summed E-state index contributed by atoms with van der Waals surface area (Å²) in [5, 5.41) is 3.31. The molecule has 0 bridgehead atoms. The molecule has 2 aromatic rings. The molecule has 1 unspecified atom stereocenters. The summed E-state index contributed by atoms with van der Waals surface area (Å²) in [4.78, 5) is 18.9. The van der Waals surface area contributed by atoms with Gasteiger partial charge < -0.3 is 15.0 Å². The van der Waals surface area contributed by atoms with Gasteiger partial charge in [0.2, 0.25) is 0 Å². The summed E-state index contributed by atoms with van der Waals surface area (Å²) in [7, 11) is 0. The minimum atomic E-state index is 0.103. The van der Waals surface area contributed by atoms with E-state index in [4.69, 9.17) is 4.74 Å². The maximum absolute atomic E-state index is 12.6. The molecular formula is C22H29N3O2. The average molecular weight is 367 g/mol. The number of carbonyl (C=O) groups is 1. The molecular weight excluding hydrogens is 338 g/mol. The van der Waals surface area contributed by atoms with Crippen LogP contribution in [0.15, 0.2) is 42.6 Å². The van der Waals surface area contributed by atoms with Crippen LogP contribution in [0.5, 0.6) is 5.75 Å². The maximum Gasteiger partial charge on any atom is 0.254 e. The normalized spacial score (nSPS) is 15.3. The number of nitrogens with zero attached hydrogens (tertiary/aromatic N) is 2. The van der Waals surface area contributed by atoms with Crippen LogP contribution in [0, 0.1) is 0 Å². The van der Waals surface area contributed by atoms with Crippen molar-refractivity contribution in [3.05, 3.63) is 53.7 Å². The summed E-state index contributed by atoms with van der Waals surface area (Å²) in [5.41, 5.74) is 1.84. The van der Waals surface area contributed by atoms with Crippen molar-refractivity contribution in [1.82, 2.24) is 9.88 Å². The van der Waals surface area contributed by atoms with Crippen molar-refractivity contribution in [2.45, 2.75) is 52.2 Å². The highest BCUT2D eigenvalue weighted by Crippen LogP contribution is 2.17. The molecule has 2 heterocycles. The molecule has 1 aliphatic rings. The van der Waals surface area contributed by atoms with Crippen molar-refractivity contribution in [3.8, 4) is 5.75 Å². The van der Waals surface area contributed by atoms with Gasteiger partial charge in [-0.15, -0.1) is 0 Å². The number of ether oxygens (including phenoxy) is 1. The topological polar surface area (TPSA) is 54.5 Å². The first-order chi connectivity index (χ1) is 13.2. The molecule has 5 heteroatoms. The molecule has 27 heavy (non-hydrogen) atoms. The number of rotatable bonds is 7. The van der Waals surface area contributed by atoms with Gasteiger partial charge in [-0.2, -0.15) is 0 Å². The van der Waals surface area contributed by atoms with Gasteiger partial charge in [-0.25, -0.2) is 4.98 Å². The maximum atomic E-state index is 12.6. The Kier molecular flexibility index (Phi) is 6.69. The molecule has 5 nitrogen and oxygen atoms in total. The summed E-state index contributed by atoms with van der Waals surface area (Å²) in [6, 6.07) is 11.7. The first-order valence-corrected chi connectivity index (χ1v) is 9.90. The molecule has 1 saturated heterocycles. The van der Waals surface area contributed by atoms with E-state index in [0.717, 1.165) is 49.5 Å². The fourth-order valence-corrected chi connectivity index (χ4v) is 3.13. The zero-order valence-corrected chi connectivity index (χ0v) is 16.3. The fraction of sp³-hybridized carbons (Fsp3) is 0.455. The standard InChI is InChI=1S/C22H29N3O2/c1-3-17(2)27-20-9-7-18(8-10-20)16-24-21-15-19(11-12-23-21)22(26)25-13-5-4-6-14-25/h7-12,15,17H,3-6,13-14,16H2,1-2H3,(H,23,24). The number of aromatic nitrogens is 1. The number of piperidine rings is 1. The fourth-order valence-electron chi connectivity index (χ4n) is 3.13. The Balaban J connectivity index is 1.57. The van der Waals surface area contributed by atoms with E-state index in [-0.39, 0.29) is 12.0 Å². The lowest BCUT2D eigenvalue weighted by molar-refractivity contribution is 0.0724. The molecule has 1 N–H and O–H groups in total. The second-order valence-corrected chi connectivity index (χ2v) is 7.12. The van der Waals surface area contributed by atoms with E-state index in [9.17, 15) is 4.79 Å². The molecule has 1 amide bonds. The molecule has 0 aliphatic carbocycles. The van der Waals surface area contributed by atoms with E-state index in [1.807, 2.05) is 35.2 Å². The van der Waals surface area contributed by atoms with Crippen LogP contribution in [0.2, 0.25) is 0 Å². The van der Waals surface area contributed by atoms with E-state index in [2.05, 4.69) is 24.1 Å². The summed E-state index contributed by atoms with van der Waals surface area (Å²) >= 11 is 0. The average Bonchev–Trinajstić information content (AvgIpc) is 2.73. The lowest BCUT2D eigenvalue weighted by atomic mass is 10.1. The monoisotopic (exact) mass is 367 g/mol. The van der Waals surface area contributed by atoms with E-state index < -0.39 is 0 Å². The largest absolute Gasteiger partial charge is 0.491 e.